The molecule has 1 aromatic heterocycles. The molecule has 0 amide bonds. The number of nitrogens with zero attached hydrogens (tertiary/aromatic N) is 4. The van der Waals surface area contributed by atoms with Gasteiger partial charge in [0.15, 0.2) is 0 Å². The maximum Gasteiger partial charge on any atom is 0.146 e. The van der Waals surface area contributed by atoms with E-state index >= 15 is 0 Å². The summed E-state index contributed by atoms with van der Waals surface area (Å²) < 4.78 is 14.0. The molecule has 5 heteroatoms. The second kappa shape index (κ2) is 5.80. The molecular formula is C18H23FN4. The first-order valence-electron chi connectivity index (χ1n) is 7.94. The monoisotopic (exact) mass is 314 g/mol. The highest BCUT2D eigenvalue weighted by Gasteiger charge is 2.27. The Balaban J connectivity index is 1.93. The zero-order valence-corrected chi connectivity index (χ0v) is 14.2. The van der Waals surface area contributed by atoms with E-state index in [4.69, 9.17) is 0 Å². The average Bonchev–Trinajstić information content (AvgIpc) is 2.52. The molecule has 0 saturated carbocycles. The Labute approximate surface area is 137 Å². The zero-order chi connectivity index (χ0) is 16.6. The van der Waals surface area contributed by atoms with Gasteiger partial charge in [-0.05, 0) is 39.3 Å². The van der Waals surface area contributed by atoms with Crippen molar-refractivity contribution in [2.45, 2.75) is 39.3 Å². The molecule has 0 unspecified atom stereocenters. The van der Waals surface area contributed by atoms with Crippen LogP contribution in [0.4, 0.5) is 15.9 Å². The van der Waals surface area contributed by atoms with E-state index in [-0.39, 0.29) is 11.4 Å². The van der Waals surface area contributed by atoms with Gasteiger partial charge < -0.3 is 9.80 Å². The molecule has 1 aromatic carbocycles. The maximum absolute atomic E-state index is 14.0. The molecule has 0 bridgehead atoms. The van der Waals surface area contributed by atoms with Crippen LogP contribution in [0.2, 0.25) is 0 Å². The van der Waals surface area contributed by atoms with Crippen molar-refractivity contribution in [3.63, 3.8) is 0 Å². The van der Waals surface area contributed by atoms with Crippen molar-refractivity contribution in [3.8, 4) is 0 Å². The van der Waals surface area contributed by atoms with Gasteiger partial charge in [0, 0.05) is 24.7 Å². The molecule has 0 fully saturated rings. The van der Waals surface area contributed by atoms with Crippen molar-refractivity contribution < 1.29 is 4.39 Å². The van der Waals surface area contributed by atoms with E-state index in [0.29, 0.717) is 12.2 Å². The smallest absolute Gasteiger partial charge is 0.146 e. The predicted octanol–water partition coefficient (Wildman–Crippen LogP) is 3.41. The van der Waals surface area contributed by atoms with Crippen LogP contribution in [0.1, 0.15) is 32.0 Å². The summed E-state index contributed by atoms with van der Waals surface area (Å²) in [6.45, 7) is 7.87. The Morgan fingerprint density at radius 2 is 1.91 bits per heavy atom. The number of halogens is 1. The molecule has 122 valence electrons. The minimum atomic E-state index is -0.183. The summed E-state index contributed by atoms with van der Waals surface area (Å²) in [4.78, 5) is 13.2. The highest BCUT2D eigenvalue weighted by atomic mass is 19.1. The number of para-hydroxylation sites is 1. The largest absolute Gasteiger partial charge is 0.363 e. The zero-order valence-electron chi connectivity index (χ0n) is 14.2. The van der Waals surface area contributed by atoms with Crippen LogP contribution in [0, 0.1) is 5.82 Å². The minimum Gasteiger partial charge on any atom is -0.363 e. The number of rotatable bonds is 2. The van der Waals surface area contributed by atoms with E-state index < -0.39 is 0 Å². The number of benzene rings is 1. The lowest BCUT2D eigenvalue weighted by Gasteiger charge is -2.37. The van der Waals surface area contributed by atoms with Crippen molar-refractivity contribution >= 4 is 11.5 Å². The van der Waals surface area contributed by atoms with Crippen LogP contribution in [-0.4, -0.2) is 29.1 Å². The van der Waals surface area contributed by atoms with E-state index in [1.165, 1.54) is 11.6 Å². The Hall–Kier alpha value is -2.17. The van der Waals surface area contributed by atoms with E-state index in [1.807, 2.05) is 17.0 Å². The fourth-order valence-corrected chi connectivity index (χ4v) is 2.86. The van der Waals surface area contributed by atoms with Crippen LogP contribution in [0.15, 0.2) is 30.6 Å². The SMILES string of the molecule is CN(c1ncnc2c1CCN(c1ccccc1F)C2)C(C)(C)C. The third-order valence-electron chi connectivity index (χ3n) is 4.50. The molecule has 0 atom stereocenters. The predicted molar refractivity (Wildman–Crippen MR) is 91.3 cm³/mol. The third-order valence-corrected chi connectivity index (χ3v) is 4.50. The first-order chi connectivity index (χ1) is 10.9. The molecule has 3 rings (SSSR count). The summed E-state index contributed by atoms with van der Waals surface area (Å²) in [7, 11) is 2.06. The van der Waals surface area contributed by atoms with E-state index in [2.05, 4.69) is 42.7 Å². The second-order valence-corrected chi connectivity index (χ2v) is 6.98. The lowest BCUT2D eigenvalue weighted by atomic mass is 10.0. The third kappa shape index (κ3) is 3.00. The van der Waals surface area contributed by atoms with Crippen molar-refractivity contribution in [1.82, 2.24) is 9.97 Å². The van der Waals surface area contributed by atoms with Crippen molar-refractivity contribution in [1.29, 1.82) is 0 Å². The molecule has 1 aliphatic rings. The second-order valence-electron chi connectivity index (χ2n) is 6.98. The summed E-state index contributed by atoms with van der Waals surface area (Å²) >= 11 is 0. The van der Waals surface area contributed by atoms with Gasteiger partial charge >= 0.3 is 0 Å². The van der Waals surface area contributed by atoms with E-state index in [9.17, 15) is 4.39 Å². The van der Waals surface area contributed by atoms with Crippen LogP contribution in [0.3, 0.4) is 0 Å². The highest BCUT2D eigenvalue weighted by Crippen LogP contribution is 2.31. The van der Waals surface area contributed by atoms with Gasteiger partial charge in [-0.25, -0.2) is 14.4 Å². The molecular weight excluding hydrogens is 291 g/mol. The summed E-state index contributed by atoms with van der Waals surface area (Å²) in [5, 5.41) is 0. The van der Waals surface area contributed by atoms with Crippen LogP contribution >= 0.6 is 0 Å². The van der Waals surface area contributed by atoms with Gasteiger partial charge in [-0.1, -0.05) is 12.1 Å². The molecule has 23 heavy (non-hydrogen) atoms. The first-order valence-corrected chi connectivity index (χ1v) is 7.94. The van der Waals surface area contributed by atoms with Gasteiger partial charge in [0.05, 0.1) is 17.9 Å². The number of aromatic nitrogens is 2. The first kappa shape index (κ1) is 15.7. The molecule has 0 saturated heterocycles. The Morgan fingerprint density at radius 1 is 1.17 bits per heavy atom. The highest BCUT2D eigenvalue weighted by molar-refractivity contribution is 5.55. The Bertz CT molecular complexity index is 708. The summed E-state index contributed by atoms with van der Waals surface area (Å²) in [6, 6.07) is 6.91. The van der Waals surface area contributed by atoms with Gasteiger partial charge in [-0.15, -0.1) is 0 Å². The van der Waals surface area contributed by atoms with Gasteiger partial charge in [0.1, 0.15) is 18.0 Å². The van der Waals surface area contributed by atoms with Gasteiger partial charge in [0.25, 0.3) is 0 Å². The van der Waals surface area contributed by atoms with Crippen LogP contribution < -0.4 is 9.80 Å². The van der Waals surface area contributed by atoms with Crippen molar-refractivity contribution in [2.24, 2.45) is 0 Å². The molecule has 0 spiro atoms. The van der Waals surface area contributed by atoms with E-state index in [0.717, 1.165) is 24.5 Å². The fourth-order valence-electron chi connectivity index (χ4n) is 2.86. The molecule has 1 aliphatic heterocycles. The van der Waals surface area contributed by atoms with Gasteiger partial charge in [-0.2, -0.15) is 0 Å². The standard InChI is InChI=1S/C18H23FN4/c1-18(2,3)22(4)17-13-9-10-23(11-15(13)20-12-21-17)16-8-6-5-7-14(16)19/h5-8,12H,9-11H2,1-4H3. The van der Waals surface area contributed by atoms with Crippen LogP contribution in [-0.2, 0) is 13.0 Å². The number of hydrogen-bond acceptors (Lipinski definition) is 4. The number of fused-ring (bicyclic) bond motifs is 1. The van der Waals surface area contributed by atoms with Crippen molar-refractivity contribution in [2.75, 3.05) is 23.4 Å². The van der Waals surface area contributed by atoms with Crippen LogP contribution in [0.5, 0.6) is 0 Å². The molecule has 0 radical (unpaired) electrons. The topological polar surface area (TPSA) is 32.3 Å². The maximum atomic E-state index is 14.0. The Kier molecular flexibility index (Phi) is 3.96. The lowest BCUT2D eigenvalue weighted by Crippen LogP contribution is -2.41. The lowest BCUT2D eigenvalue weighted by molar-refractivity contribution is 0.528. The summed E-state index contributed by atoms with van der Waals surface area (Å²) in [5.74, 6) is 0.799. The van der Waals surface area contributed by atoms with Crippen LogP contribution in [0.25, 0.3) is 0 Å². The molecule has 2 heterocycles. The molecule has 2 aromatic rings. The summed E-state index contributed by atoms with van der Waals surface area (Å²) in [5.41, 5.74) is 2.80. The fraction of sp³-hybridized carbons (Fsp3) is 0.444. The molecule has 4 nitrogen and oxygen atoms in total. The van der Waals surface area contributed by atoms with Gasteiger partial charge in [-0.3, -0.25) is 0 Å². The summed E-state index contributed by atoms with van der Waals surface area (Å²) in [6.07, 6.45) is 2.43. The average molecular weight is 314 g/mol. The number of hydrogen-bond donors (Lipinski definition) is 0. The van der Waals surface area contributed by atoms with E-state index in [1.54, 1.807) is 12.4 Å². The number of anilines is 2. The minimum absolute atomic E-state index is 0.00913. The van der Waals surface area contributed by atoms with Crippen molar-refractivity contribution in [3.05, 3.63) is 47.7 Å². The normalized spacial score (nSPS) is 14.6. The molecule has 0 N–H and O–H groups in total. The molecule has 0 aliphatic carbocycles. The Morgan fingerprint density at radius 3 is 2.61 bits per heavy atom. The van der Waals surface area contributed by atoms with Gasteiger partial charge in [0.2, 0.25) is 0 Å². The quantitative estimate of drug-likeness (QED) is 0.850.